The van der Waals surface area contributed by atoms with E-state index in [9.17, 15) is 4.79 Å². The molecule has 0 aliphatic rings. The van der Waals surface area contributed by atoms with Gasteiger partial charge < -0.3 is 10.0 Å². The Labute approximate surface area is 123 Å². The van der Waals surface area contributed by atoms with Crippen LogP contribution in [0.4, 0.5) is 5.69 Å². The van der Waals surface area contributed by atoms with Gasteiger partial charge in [0.2, 0.25) is 0 Å². The minimum Gasteiger partial charge on any atom is -0.478 e. The van der Waals surface area contributed by atoms with Crippen LogP contribution in [0.15, 0.2) is 28.7 Å². The van der Waals surface area contributed by atoms with Crippen molar-refractivity contribution in [1.82, 2.24) is 0 Å². The van der Waals surface area contributed by atoms with Gasteiger partial charge in [-0.1, -0.05) is 25.8 Å². The Hall–Kier alpha value is -1.29. The lowest BCUT2D eigenvalue weighted by Gasteiger charge is -2.21. The number of carboxylic acids is 1. The summed E-state index contributed by atoms with van der Waals surface area (Å²) in [5.41, 5.74) is 2.00. The van der Waals surface area contributed by atoms with Crippen LogP contribution in [0.5, 0.6) is 0 Å². The molecule has 0 spiro atoms. The molecule has 104 valence electrons. The smallest absolute Gasteiger partial charge is 0.328 e. The number of nitrogens with zero attached hydrogens (tertiary/aromatic N) is 1. The van der Waals surface area contributed by atoms with Gasteiger partial charge in [0.05, 0.1) is 5.69 Å². The molecule has 0 saturated carbocycles. The number of benzene rings is 1. The molecule has 3 nitrogen and oxygen atoms in total. The summed E-state index contributed by atoms with van der Waals surface area (Å²) in [4.78, 5) is 12.7. The fourth-order valence-electron chi connectivity index (χ4n) is 1.82. The van der Waals surface area contributed by atoms with Crippen LogP contribution in [-0.2, 0) is 4.79 Å². The Morgan fingerprint density at radius 2 is 2.16 bits per heavy atom. The van der Waals surface area contributed by atoms with Crippen LogP contribution in [0.25, 0.3) is 6.08 Å². The average Bonchev–Trinajstić information content (AvgIpc) is 2.36. The minimum absolute atomic E-state index is 0.875. The van der Waals surface area contributed by atoms with E-state index in [1.54, 1.807) is 6.08 Å². The van der Waals surface area contributed by atoms with Crippen LogP contribution in [0, 0.1) is 0 Å². The van der Waals surface area contributed by atoms with Crippen molar-refractivity contribution in [3.8, 4) is 0 Å². The van der Waals surface area contributed by atoms with Crippen LogP contribution in [0.3, 0.4) is 0 Å². The number of carboxylic acid groups (broad SMARTS) is 1. The predicted molar refractivity (Wildman–Crippen MR) is 83.6 cm³/mol. The zero-order valence-electron chi connectivity index (χ0n) is 11.4. The summed E-state index contributed by atoms with van der Waals surface area (Å²) in [6.45, 7) is 3.22. The lowest BCUT2D eigenvalue weighted by atomic mass is 10.1. The van der Waals surface area contributed by atoms with E-state index >= 15 is 0 Å². The fourth-order valence-corrected chi connectivity index (χ4v) is 2.52. The number of hydrogen-bond donors (Lipinski definition) is 1. The molecule has 0 radical (unpaired) electrons. The second-order valence-corrected chi connectivity index (χ2v) is 5.37. The maximum atomic E-state index is 10.5. The SMILES string of the molecule is CCCCCN(C)c1ccc(/C=C/C(=O)O)cc1Br. The van der Waals surface area contributed by atoms with Crippen molar-refractivity contribution in [2.24, 2.45) is 0 Å². The Morgan fingerprint density at radius 3 is 2.74 bits per heavy atom. The third-order valence-electron chi connectivity index (χ3n) is 2.90. The van der Waals surface area contributed by atoms with Crippen LogP contribution in [0.1, 0.15) is 31.7 Å². The summed E-state index contributed by atoms with van der Waals surface area (Å²) in [6.07, 6.45) is 6.37. The summed E-state index contributed by atoms with van der Waals surface area (Å²) in [6, 6.07) is 5.87. The summed E-state index contributed by atoms with van der Waals surface area (Å²) in [7, 11) is 2.07. The molecule has 1 rings (SSSR count). The molecule has 0 aromatic heterocycles. The van der Waals surface area contributed by atoms with Crippen molar-refractivity contribution in [2.45, 2.75) is 26.2 Å². The quantitative estimate of drug-likeness (QED) is 0.604. The van der Waals surface area contributed by atoms with Crippen LogP contribution in [0.2, 0.25) is 0 Å². The lowest BCUT2D eigenvalue weighted by molar-refractivity contribution is -0.131. The normalized spacial score (nSPS) is 10.9. The van der Waals surface area contributed by atoms with E-state index in [0.717, 1.165) is 28.3 Å². The van der Waals surface area contributed by atoms with Crippen LogP contribution in [-0.4, -0.2) is 24.7 Å². The molecule has 1 N–H and O–H groups in total. The Balaban J connectivity index is 2.73. The Morgan fingerprint density at radius 1 is 1.42 bits per heavy atom. The maximum absolute atomic E-state index is 10.5. The molecule has 0 unspecified atom stereocenters. The first kappa shape index (κ1) is 15.8. The van der Waals surface area contributed by atoms with E-state index in [-0.39, 0.29) is 0 Å². The standard InChI is InChI=1S/C15H20BrNO2/c1-3-4-5-10-17(2)14-8-6-12(11-13(14)16)7-9-15(18)19/h6-9,11H,3-5,10H2,1-2H3,(H,18,19)/b9-7+. The third kappa shape index (κ3) is 5.47. The van der Waals surface area contributed by atoms with Crippen molar-refractivity contribution in [2.75, 3.05) is 18.5 Å². The highest BCUT2D eigenvalue weighted by atomic mass is 79.9. The molecular formula is C15H20BrNO2. The number of rotatable bonds is 7. The first-order valence-electron chi connectivity index (χ1n) is 6.46. The summed E-state index contributed by atoms with van der Waals surface area (Å²) < 4.78 is 0.985. The van der Waals surface area contributed by atoms with E-state index in [0.29, 0.717) is 0 Å². The zero-order chi connectivity index (χ0) is 14.3. The molecule has 0 saturated heterocycles. The molecule has 0 heterocycles. The fraction of sp³-hybridized carbons (Fsp3) is 0.400. The zero-order valence-corrected chi connectivity index (χ0v) is 13.0. The van der Waals surface area contributed by atoms with Gasteiger partial charge >= 0.3 is 5.97 Å². The topological polar surface area (TPSA) is 40.5 Å². The van der Waals surface area contributed by atoms with Crippen molar-refractivity contribution >= 4 is 33.7 Å². The molecule has 0 fully saturated rings. The van der Waals surface area contributed by atoms with Gasteiger partial charge in [0.25, 0.3) is 0 Å². The van der Waals surface area contributed by atoms with Gasteiger partial charge in [0, 0.05) is 24.1 Å². The van der Waals surface area contributed by atoms with E-state index in [2.05, 4.69) is 34.8 Å². The van der Waals surface area contributed by atoms with E-state index in [1.807, 2.05) is 18.2 Å². The number of halogens is 1. The van der Waals surface area contributed by atoms with Crippen molar-refractivity contribution in [3.05, 3.63) is 34.3 Å². The maximum Gasteiger partial charge on any atom is 0.328 e. The largest absolute Gasteiger partial charge is 0.478 e. The van der Waals surface area contributed by atoms with Crippen LogP contribution >= 0.6 is 15.9 Å². The number of hydrogen-bond acceptors (Lipinski definition) is 2. The number of anilines is 1. The Bertz CT molecular complexity index is 457. The van der Waals surface area contributed by atoms with Gasteiger partial charge in [0.1, 0.15) is 0 Å². The van der Waals surface area contributed by atoms with Crippen molar-refractivity contribution in [3.63, 3.8) is 0 Å². The second kappa shape index (κ2) is 8.00. The van der Waals surface area contributed by atoms with Gasteiger partial charge in [-0.15, -0.1) is 0 Å². The first-order chi connectivity index (χ1) is 9.04. The van der Waals surface area contributed by atoms with Gasteiger partial charge in [-0.2, -0.15) is 0 Å². The molecule has 0 bridgehead atoms. The monoisotopic (exact) mass is 325 g/mol. The molecular weight excluding hydrogens is 306 g/mol. The van der Waals surface area contributed by atoms with E-state index in [1.165, 1.54) is 19.3 Å². The van der Waals surface area contributed by atoms with Crippen molar-refractivity contribution in [1.29, 1.82) is 0 Å². The highest BCUT2D eigenvalue weighted by Gasteiger charge is 2.05. The molecule has 1 aromatic carbocycles. The van der Waals surface area contributed by atoms with Crippen LogP contribution < -0.4 is 4.90 Å². The number of unbranched alkanes of at least 4 members (excludes halogenated alkanes) is 2. The van der Waals surface area contributed by atoms with E-state index < -0.39 is 5.97 Å². The van der Waals surface area contributed by atoms with Gasteiger partial charge in [-0.25, -0.2) is 4.79 Å². The molecule has 1 aromatic rings. The lowest BCUT2D eigenvalue weighted by Crippen LogP contribution is -2.18. The molecule has 0 aliphatic heterocycles. The minimum atomic E-state index is -0.933. The highest BCUT2D eigenvalue weighted by molar-refractivity contribution is 9.10. The summed E-state index contributed by atoms with van der Waals surface area (Å²) >= 11 is 3.54. The van der Waals surface area contributed by atoms with Gasteiger partial charge in [-0.3, -0.25) is 0 Å². The Kier molecular flexibility index (Phi) is 6.64. The van der Waals surface area contributed by atoms with Crippen molar-refractivity contribution < 1.29 is 9.90 Å². The molecule has 0 atom stereocenters. The van der Waals surface area contributed by atoms with E-state index in [4.69, 9.17) is 5.11 Å². The summed E-state index contributed by atoms with van der Waals surface area (Å²) in [5.74, 6) is -0.933. The van der Waals surface area contributed by atoms with Gasteiger partial charge in [-0.05, 0) is 46.1 Å². The second-order valence-electron chi connectivity index (χ2n) is 4.51. The van der Waals surface area contributed by atoms with Gasteiger partial charge in [0.15, 0.2) is 0 Å². The predicted octanol–water partition coefficient (Wildman–Crippen LogP) is 4.17. The molecule has 4 heteroatoms. The molecule has 0 aliphatic carbocycles. The number of aliphatic carboxylic acids is 1. The summed E-state index contributed by atoms with van der Waals surface area (Å²) in [5, 5.41) is 8.60. The third-order valence-corrected chi connectivity index (χ3v) is 3.53. The molecule has 0 amide bonds. The highest BCUT2D eigenvalue weighted by Crippen LogP contribution is 2.27. The number of carbonyl (C=O) groups is 1. The molecule has 19 heavy (non-hydrogen) atoms. The average molecular weight is 326 g/mol. The first-order valence-corrected chi connectivity index (χ1v) is 7.25.